The monoisotopic (exact) mass is 464 g/mol. The number of aromatic nitrogens is 2. The van der Waals surface area contributed by atoms with Gasteiger partial charge in [0.25, 0.3) is 5.91 Å². The number of hydrogen-bond acceptors (Lipinski definition) is 4. The molecule has 0 aliphatic carbocycles. The first kappa shape index (κ1) is 24.0. The quantitative estimate of drug-likeness (QED) is 0.648. The highest BCUT2D eigenvalue weighted by molar-refractivity contribution is 5.79. The Morgan fingerprint density at radius 3 is 2.79 bits per heavy atom. The maximum Gasteiger partial charge on any atom is 0.260 e. The predicted octanol–water partition coefficient (Wildman–Crippen LogP) is 3.68. The molecule has 7 nitrogen and oxygen atoms in total. The summed E-state index contributed by atoms with van der Waals surface area (Å²) in [6.45, 7) is 5.53. The van der Waals surface area contributed by atoms with Crippen molar-refractivity contribution < 1.29 is 14.3 Å². The Morgan fingerprint density at radius 2 is 2.00 bits per heavy atom. The largest absolute Gasteiger partial charge is 0.483 e. The highest BCUT2D eigenvalue weighted by Gasteiger charge is 2.37. The smallest absolute Gasteiger partial charge is 0.260 e. The second-order valence-corrected chi connectivity index (χ2v) is 9.43. The van der Waals surface area contributed by atoms with Crippen LogP contribution in [0.15, 0.2) is 42.5 Å². The van der Waals surface area contributed by atoms with Crippen molar-refractivity contribution in [2.24, 2.45) is 0 Å². The number of likely N-dealkylation sites (N-methyl/N-ethyl adjacent to an activating group) is 1. The zero-order valence-electron chi connectivity index (χ0n) is 20.6. The number of ether oxygens (including phenoxy) is 1. The summed E-state index contributed by atoms with van der Waals surface area (Å²) in [5, 5.41) is 4.50. The topological polar surface area (TPSA) is 67.7 Å². The van der Waals surface area contributed by atoms with Gasteiger partial charge < -0.3 is 14.5 Å². The molecule has 34 heavy (non-hydrogen) atoms. The molecule has 2 aliphatic heterocycles. The van der Waals surface area contributed by atoms with Gasteiger partial charge in [-0.05, 0) is 63.6 Å². The predicted molar refractivity (Wildman–Crippen MR) is 132 cm³/mol. The number of nitrogens with zero attached hydrogens (tertiary/aromatic N) is 4. The maximum absolute atomic E-state index is 13.3. The highest BCUT2D eigenvalue weighted by atomic mass is 16.5. The Morgan fingerprint density at radius 1 is 1.18 bits per heavy atom. The molecule has 3 heterocycles. The molecule has 1 aromatic heterocycles. The summed E-state index contributed by atoms with van der Waals surface area (Å²) >= 11 is 0. The van der Waals surface area contributed by atoms with Crippen molar-refractivity contribution in [3.8, 4) is 5.75 Å². The van der Waals surface area contributed by atoms with E-state index in [9.17, 15) is 9.59 Å². The molecular formula is C27H36N4O3. The molecule has 4 rings (SSSR count). The van der Waals surface area contributed by atoms with E-state index in [2.05, 4.69) is 23.3 Å². The molecule has 1 aromatic carbocycles. The molecule has 2 aliphatic rings. The van der Waals surface area contributed by atoms with Crippen molar-refractivity contribution in [2.75, 3.05) is 20.2 Å². The van der Waals surface area contributed by atoms with Gasteiger partial charge in [0.2, 0.25) is 5.91 Å². The summed E-state index contributed by atoms with van der Waals surface area (Å²) in [5.74, 6) is 0.876. The Balaban J connectivity index is 1.47. The average molecular weight is 465 g/mol. The van der Waals surface area contributed by atoms with E-state index in [0.717, 1.165) is 67.9 Å². The van der Waals surface area contributed by atoms with Crippen molar-refractivity contribution in [3.63, 3.8) is 0 Å². The van der Waals surface area contributed by atoms with Gasteiger partial charge in [0.1, 0.15) is 5.75 Å². The molecule has 0 saturated carbocycles. The van der Waals surface area contributed by atoms with Gasteiger partial charge in [0.05, 0.1) is 17.8 Å². The van der Waals surface area contributed by atoms with Crippen LogP contribution >= 0.6 is 0 Å². The summed E-state index contributed by atoms with van der Waals surface area (Å²) in [4.78, 5) is 30.1. The van der Waals surface area contributed by atoms with Gasteiger partial charge in [-0.25, -0.2) is 0 Å². The number of carbonyl (C=O) groups excluding carboxylic acids is 2. The molecule has 0 spiro atoms. The summed E-state index contributed by atoms with van der Waals surface area (Å²) in [6.07, 6.45) is 8.84. The van der Waals surface area contributed by atoms with E-state index in [4.69, 9.17) is 4.74 Å². The number of para-hydroxylation sites is 1. The minimum absolute atomic E-state index is 0.0101. The minimum atomic E-state index is -0.0480. The number of piperidine rings is 1. The number of allylic oxidation sites excluding steroid dienone is 1. The van der Waals surface area contributed by atoms with Crippen LogP contribution in [-0.4, -0.2) is 63.7 Å². The maximum atomic E-state index is 13.3. The number of benzene rings is 1. The Bertz CT molecular complexity index is 1040. The van der Waals surface area contributed by atoms with E-state index in [1.807, 2.05) is 54.7 Å². The number of aryl methyl sites for hydroxylation is 3. The number of amides is 2. The lowest BCUT2D eigenvalue weighted by atomic mass is 9.91. The van der Waals surface area contributed by atoms with Gasteiger partial charge in [0, 0.05) is 32.3 Å². The first-order valence-electron chi connectivity index (χ1n) is 12.4. The van der Waals surface area contributed by atoms with Crippen molar-refractivity contribution in [1.82, 2.24) is 19.6 Å². The van der Waals surface area contributed by atoms with Crippen LogP contribution in [0.4, 0.5) is 0 Å². The molecular weight excluding hydrogens is 428 g/mol. The number of rotatable bonds is 4. The fourth-order valence-corrected chi connectivity index (χ4v) is 5.19. The zero-order valence-corrected chi connectivity index (χ0v) is 20.6. The van der Waals surface area contributed by atoms with Crippen LogP contribution in [0.2, 0.25) is 0 Å². The van der Waals surface area contributed by atoms with Crippen LogP contribution in [0.5, 0.6) is 5.75 Å². The molecule has 1 fully saturated rings. The zero-order chi connectivity index (χ0) is 24.1. The average Bonchev–Trinajstić information content (AvgIpc) is 3.16. The molecule has 0 bridgehead atoms. The van der Waals surface area contributed by atoms with Gasteiger partial charge in [-0.15, -0.1) is 0 Å². The summed E-state index contributed by atoms with van der Waals surface area (Å²) in [5.41, 5.74) is 3.19. The Kier molecular flexibility index (Phi) is 7.70. The van der Waals surface area contributed by atoms with E-state index in [1.54, 1.807) is 4.90 Å². The van der Waals surface area contributed by atoms with Crippen LogP contribution in [0.3, 0.4) is 0 Å². The van der Waals surface area contributed by atoms with Gasteiger partial charge in [-0.3, -0.25) is 14.3 Å². The first-order chi connectivity index (χ1) is 16.4. The second kappa shape index (κ2) is 10.9. The second-order valence-electron chi connectivity index (χ2n) is 9.43. The number of likely N-dealkylation sites (tertiary alicyclic amines) is 1. The van der Waals surface area contributed by atoms with E-state index < -0.39 is 0 Å². The summed E-state index contributed by atoms with van der Waals surface area (Å²) in [6, 6.07) is 9.89. The molecule has 2 amide bonds. The fraction of sp³-hybridized carbons (Fsp3) is 0.519. The first-order valence-corrected chi connectivity index (χ1v) is 12.4. The lowest BCUT2D eigenvalue weighted by molar-refractivity contribution is -0.143. The van der Waals surface area contributed by atoms with Crippen molar-refractivity contribution >= 4 is 11.8 Å². The summed E-state index contributed by atoms with van der Waals surface area (Å²) in [7, 11) is 1.85. The number of carbonyl (C=O) groups is 2. The van der Waals surface area contributed by atoms with Gasteiger partial charge in [-0.2, -0.15) is 5.10 Å². The normalized spacial score (nSPS) is 22.1. The molecule has 1 saturated heterocycles. The van der Waals surface area contributed by atoms with E-state index in [1.165, 1.54) is 0 Å². The van der Waals surface area contributed by atoms with E-state index >= 15 is 0 Å². The van der Waals surface area contributed by atoms with Crippen LogP contribution < -0.4 is 4.74 Å². The minimum Gasteiger partial charge on any atom is -0.483 e. The van der Waals surface area contributed by atoms with E-state index in [0.29, 0.717) is 6.42 Å². The van der Waals surface area contributed by atoms with Gasteiger partial charge in [0.15, 0.2) is 6.61 Å². The summed E-state index contributed by atoms with van der Waals surface area (Å²) < 4.78 is 7.87. The number of fused-ring (bicyclic) bond motifs is 2. The van der Waals surface area contributed by atoms with Crippen LogP contribution in [-0.2, 0) is 22.6 Å². The molecule has 0 unspecified atom stereocenters. The third-order valence-corrected chi connectivity index (χ3v) is 7.02. The van der Waals surface area contributed by atoms with Crippen molar-refractivity contribution in [1.29, 1.82) is 0 Å². The van der Waals surface area contributed by atoms with Crippen LogP contribution in [0.25, 0.3) is 0 Å². The number of hydrogen-bond donors (Lipinski definition) is 0. The lowest BCUT2D eigenvalue weighted by Crippen LogP contribution is -2.57. The molecule has 7 heteroatoms. The Labute approximate surface area is 202 Å². The Hall–Kier alpha value is -3.09. The molecule has 182 valence electrons. The van der Waals surface area contributed by atoms with Crippen LogP contribution in [0.1, 0.15) is 49.1 Å². The lowest BCUT2D eigenvalue weighted by Gasteiger charge is -2.45. The third-order valence-electron chi connectivity index (χ3n) is 7.02. The molecule has 0 N–H and O–H groups in total. The SMILES string of the molecule is Cc1cc(C)n(CCCC(=O)N2CCC[C@@H]3[C@H]2C/C=C/Cc2ccccc2OCC(=O)N3C)n1. The third kappa shape index (κ3) is 5.51. The van der Waals surface area contributed by atoms with Crippen LogP contribution in [0, 0.1) is 13.8 Å². The molecule has 2 atom stereocenters. The molecule has 0 radical (unpaired) electrons. The van der Waals surface area contributed by atoms with Crippen molar-refractivity contribution in [3.05, 3.63) is 59.4 Å². The van der Waals surface area contributed by atoms with Crippen molar-refractivity contribution in [2.45, 2.75) is 71.0 Å². The van der Waals surface area contributed by atoms with Gasteiger partial charge in [-0.1, -0.05) is 30.4 Å². The molecule has 2 aromatic rings. The highest BCUT2D eigenvalue weighted by Crippen LogP contribution is 2.27. The fourth-order valence-electron chi connectivity index (χ4n) is 5.19. The standard InChI is InChI=1S/C27H36N4O3/c1-20-18-21(2)31(28-20)17-9-15-26(32)30-16-8-13-23-24(30)12-6-4-10-22-11-5-7-14-25(22)34-19-27(33)29(23)3/h4-7,11,14,18,23-24H,8-10,12-13,15-17,19H2,1-3H3/b6-4+/t23-,24-/m1/s1. The van der Waals surface area contributed by atoms with Gasteiger partial charge >= 0.3 is 0 Å². The van der Waals surface area contributed by atoms with E-state index in [-0.39, 0.29) is 30.5 Å².